The molecular weight excluding hydrogens is 364 g/mol. The summed E-state index contributed by atoms with van der Waals surface area (Å²) in [5.74, 6) is 0.388. The highest BCUT2D eigenvalue weighted by atomic mass is 35.5. The van der Waals surface area contributed by atoms with E-state index >= 15 is 0 Å². The number of nitrogens with one attached hydrogen (secondary N) is 1. The van der Waals surface area contributed by atoms with E-state index in [0.29, 0.717) is 30.3 Å². The highest BCUT2D eigenvalue weighted by Crippen LogP contribution is 2.22. The SMILES string of the molecule is CCOc1ccc(NC(=O)[C@H]2CCCN(C(=O)c3cccc(Cl)c3)C2)cc1. The maximum Gasteiger partial charge on any atom is 0.253 e. The normalized spacial score (nSPS) is 16.7. The zero-order chi connectivity index (χ0) is 19.2. The molecule has 1 heterocycles. The van der Waals surface area contributed by atoms with Gasteiger partial charge in [0, 0.05) is 29.4 Å². The van der Waals surface area contributed by atoms with Crippen molar-refractivity contribution in [2.24, 2.45) is 5.92 Å². The summed E-state index contributed by atoms with van der Waals surface area (Å²) in [6, 6.07) is 14.2. The van der Waals surface area contributed by atoms with Gasteiger partial charge >= 0.3 is 0 Å². The standard InChI is InChI=1S/C21H23ClN2O3/c1-2-27-19-10-8-18(9-11-19)23-20(25)16-6-4-12-24(14-16)21(26)15-5-3-7-17(22)13-15/h3,5,7-11,13,16H,2,4,6,12,14H2,1H3,(H,23,25)/t16-/m0/s1. The van der Waals surface area contributed by atoms with E-state index in [1.807, 2.05) is 31.2 Å². The van der Waals surface area contributed by atoms with Gasteiger partial charge in [-0.3, -0.25) is 9.59 Å². The minimum atomic E-state index is -0.228. The Morgan fingerprint density at radius 1 is 1.22 bits per heavy atom. The number of anilines is 1. The summed E-state index contributed by atoms with van der Waals surface area (Å²) in [7, 11) is 0. The van der Waals surface area contributed by atoms with Crippen LogP contribution in [0.4, 0.5) is 5.69 Å². The number of benzene rings is 2. The lowest BCUT2D eigenvalue weighted by Crippen LogP contribution is -2.43. The zero-order valence-corrected chi connectivity index (χ0v) is 16.0. The first-order chi connectivity index (χ1) is 13.1. The number of piperidine rings is 1. The van der Waals surface area contributed by atoms with Gasteiger partial charge in [-0.15, -0.1) is 0 Å². The van der Waals surface area contributed by atoms with Gasteiger partial charge in [0.1, 0.15) is 5.75 Å². The summed E-state index contributed by atoms with van der Waals surface area (Å²) in [6.45, 7) is 3.59. The lowest BCUT2D eigenvalue weighted by molar-refractivity contribution is -0.121. The second-order valence-corrected chi connectivity index (χ2v) is 6.98. The van der Waals surface area contributed by atoms with Crippen LogP contribution in [0.3, 0.4) is 0 Å². The highest BCUT2D eigenvalue weighted by molar-refractivity contribution is 6.30. The summed E-state index contributed by atoms with van der Waals surface area (Å²) in [6.07, 6.45) is 1.57. The molecule has 2 aromatic carbocycles. The molecule has 0 unspecified atom stereocenters. The van der Waals surface area contributed by atoms with E-state index in [1.165, 1.54) is 0 Å². The topological polar surface area (TPSA) is 58.6 Å². The summed E-state index contributed by atoms with van der Waals surface area (Å²) in [5.41, 5.74) is 1.27. The lowest BCUT2D eigenvalue weighted by atomic mass is 9.96. The van der Waals surface area contributed by atoms with E-state index < -0.39 is 0 Å². The molecule has 1 aliphatic rings. The molecule has 1 N–H and O–H groups in total. The molecular formula is C21H23ClN2O3. The van der Waals surface area contributed by atoms with Crippen molar-refractivity contribution in [3.8, 4) is 5.75 Å². The summed E-state index contributed by atoms with van der Waals surface area (Å²) < 4.78 is 5.41. The Hall–Kier alpha value is -2.53. The monoisotopic (exact) mass is 386 g/mol. The van der Waals surface area contributed by atoms with Crippen LogP contribution < -0.4 is 10.1 Å². The molecule has 0 saturated carbocycles. The molecule has 0 bridgehead atoms. The number of amides is 2. The van der Waals surface area contributed by atoms with Crippen molar-refractivity contribution in [2.45, 2.75) is 19.8 Å². The molecule has 1 fully saturated rings. The number of carbonyl (C=O) groups is 2. The van der Waals surface area contributed by atoms with Crippen LogP contribution in [0.15, 0.2) is 48.5 Å². The Labute approximate surface area is 164 Å². The van der Waals surface area contributed by atoms with Crippen LogP contribution >= 0.6 is 11.6 Å². The third-order valence-electron chi connectivity index (χ3n) is 4.58. The van der Waals surface area contributed by atoms with Crippen molar-refractivity contribution in [2.75, 3.05) is 25.0 Å². The lowest BCUT2D eigenvalue weighted by Gasteiger charge is -2.32. The van der Waals surface area contributed by atoms with Crippen molar-refractivity contribution >= 4 is 29.1 Å². The largest absolute Gasteiger partial charge is 0.494 e. The maximum atomic E-state index is 12.7. The molecule has 0 radical (unpaired) electrons. The molecule has 2 amide bonds. The first-order valence-corrected chi connectivity index (χ1v) is 9.53. The molecule has 2 aromatic rings. The van der Waals surface area contributed by atoms with Gasteiger partial charge in [-0.1, -0.05) is 17.7 Å². The highest BCUT2D eigenvalue weighted by Gasteiger charge is 2.29. The first kappa shape index (κ1) is 19.2. The molecule has 0 spiro atoms. The molecule has 142 valence electrons. The van der Waals surface area contributed by atoms with Gasteiger partial charge in [-0.25, -0.2) is 0 Å². The van der Waals surface area contributed by atoms with Crippen LogP contribution in [-0.2, 0) is 4.79 Å². The van der Waals surface area contributed by atoms with Crippen LogP contribution in [0.5, 0.6) is 5.75 Å². The fraction of sp³-hybridized carbons (Fsp3) is 0.333. The van der Waals surface area contributed by atoms with Crippen molar-refractivity contribution in [1.29, 1.82) is 0 Å². The molecule has 6 heteroatoms. The number of ether oxygens (including phenoxy) is 1. The number of hydrogen-bond acceptors (Lipinski definition) is 3. The average molecular weight is 387 g/mol. The molecule has 1 atom stereocenters. The van der Waals surface area contributed by atoms with Gasteiger partial charge in [0.2, 0.25) is 5.91 Å². The van der Waals surface area contributed by atoms with Gasteiger partial charge < -0.3 is 15.0 Å². The number of rotatable bonds is 5. The Balaban J connectivity index is 1.61. The van der Waals surface area contributed by atoms with Gasteiger partial charge in [0.05, 0.1) is 12.5 Å². The maximum absolute atomic E-state index is 12.7. The van der Waals surface area contributed by atoms with Gasteiger partial charge in [0.25, 0.3) is 5.91 Å². The van der Waals surface area contributed by atoms with Crippen LogP contribution in [0.1, 0.15) is 30.1 Å². The fourth-order valence-electron chi connectivity index (χ4n) is 3.23. The van der Waals surface area contributed by atoms with Crippen molar-refractivity contribution in [3.05, 3.63) is 59.1 Å². The minimum Gasteiger partial charge on any atom is -0.494 e. The van der Waals surface area contributed by atoms with Crippen LogP contribution in [0.25, 0.3) is 0 Å². The number of likely N-dealkylation sites (tertiary alicyclic amines) is 1. The first-order valence-electron chi connectivity index (χ1n) is 9.15. The minimum absolute atomic E-state index is 0.0669. The Morgan fingerprint density at radius 2 is 2.00 bits per heavy atom. The molecule has 1 saturated heterocycles. The van der Waals surface area contributed by atoms with Crippen LogP contribution in [-0.4, -0.2) is 36.4 Å². The molecule has 0 aromatic heterocycles. The zero-order valence-electron chi connectivity index (χ0n) is 15.3. The van der Waals surface area contributed by atoms with E-state index in [1.54, 1.807) is 29.2 Å². The Morgan fingerprint density at radius 3 is 2.70 bits per heavy atom. The van der Waals surface area contributed by atoms with Gasteiger partial charge in [0.15, 0.2) is 0 Å². The number of carbonyl (C=O) groups excluding carboxylic acids is 2. The predicted octanol–water partition coefficient (Wildman–Crippen LogP) is 4.23. The van der Waals surface area contributed by atoms with E-state index in [9.17, 15) is 9.59 Å². The third kappa shape index (κ3) is 5.01. The van der Waals surface area contributed by atoms with E-state index in [-0.39, 0.29) is 17.7 Å². The van der Waals surface area contributed by atoms with Crippen LogP contribution in [0, 0.1) is 5.92 Å². The second-order valence-electron chi connectivity index (χ2n) is 6.55. The predicted molar refractivity (Wildman–Crippen MR) is 106 cm³/mol. The second kappa shape index (κ2) is 8.91. The Kier molecular flexibility index (Phi) is 6.35. The number of halogens is 1. The number of hydrogen-bond donors (Lipinski definition) is 1. The summed E-state index contributed by atoms with van der Waals surface area (Å²) in [5, 5.41) is 3.47. The van der Waals surface area contributed by atoms with E-state index in [4.69, 9.17) is 16.3 Å². The van der Waals surface area contributed by atoms with Crippen molar-refractivity contribution in [3.63, 3.8) is 0 Å². The average Bonchev–Trinajstić information content (AvgIpc) is 2.69. The molecule has 1 aliphatic heterocycles. The summed E-state index contributed by atoms with van der Waals surface area (Å²) >= 11 is 5.98. The van der Waals surface area contributed by atoms with Gasteiger partial charge in [-0.2, -0.15) is 0 Å². The quantitative estimate of drug-likeness (QED) is 0.836. The molecule has 0 aliphatic carbocycles. The molecule has 5 nitrogen and oxygen atoms in total. The smallest absolute Gasteiger partial charge is 0.253 e. The van der Waals surface area contributed by atoms with E-state index in [2.05, 4.69) is 5.32 Å². The van der Waals surface area contributed by atoms with Crippen molar-refractivity contribution < 1.29 is 14.3 Å². The van der Waals surface area contributed by atoms with E-state index in [0.717, 1.165) is 24.3 Å². The third-order valence-corrected chi connectivity index (χ3v) is 4.82. The van der Waals surface area contributed by atoms with Crippen molar-refractivity contribution in [1.82, 2.24) is 4.90 Å². The summed E-state index contributed by atoms with van der Waals surface area (Å²) in [4.78, 5) is 27.1. The molecule has 27 heavy (non-hydrogen) atoms. The fourth-order valence-corrected chi connectivity index (χ4v) is 3.42. The Bertz CT molecular complexity index is 807. The molecule has 3 rings (SSSR count). The van der Waals surface area contributed by atoms with Crippen LogP contribution in [0.2, 0.25) is 5.02 Å². The van der Waals surface area contributed by atoms with Gasteiger partial charge in [-0.05, 0) is 62.2 Å². The number of nitrogens with zero attached hydrogens (tertiary/aromatic N) is 1.